The van der Waals surface area contributed by atoms with Gasteiger partial charge in [0.1, 0.15) is 0 Å². The number of ether oxygens (including phenoxy) is 1. The highest BCUT2D eigenvalue weighted by molar-refractivity contribution is 5.69. The minimum Gasteiger partial charge on any atom is -0.469 e. The van der Waals surface area contributed by atoms with Gasteiger partial charge in [0.05, 0.1) is 7.11 Å². The van der Waals surface area contributed by atoms with Gasteiger partial charge in [0.2, 0.25) is 0 Å². The van der Waals surface area contributed by atoms with Crippen molar-refractivity contribution < 1.29 is 9.53 Å². The van der Waals surface area contributed by atoms with E-state index < -0.39 is 0 Å². The third kappa shape index (κ3) is 6.58. The second-order valence-electron chi connectivity index (χ2n) is 3.37. The smallest absolute Gasteiger partial charge is 0.305 e. The highest BCUT2D eigenvalue weighted by atomic mass is 16.5. The largest absolute Gasteiger partial charge is 0.469 e. The molecule has 0 aromatic carbocycles. The monoisotopic (exact) mass is 187 g/mol. The van der Waals surface area contributed by atoms with Crippen molar-refractivity contribution in [3.05, 3.63) is 0 Å². The van der Waals surface area contributed by atoms with Crippen LogP contribution in [0.15, 0.2) is 0 Å². The summed E-state index contributed by atoms with van der Waals surface area (Å²) in [6, 6.07) is 0. The van der Waals surface area contributed by atoms with Crippen LogP contribution in [-0.2, 0) is 9.53 Å². The van der Waals surface area contributed by atoms with Gasteiger partial charge < -0.3 is 10.5 Å². The molecular weight excluding hydrogens is 166 g/mol. The minimum absolute atomic E-state index is 0.101. The van der Waals surface area contributed by atoms with E-state index in [4.69, 9.17) is 5.73 Å². The lowest BCUT2D eigenvalue weighted by Crippen LogP contribution is -2.11. The van der Waals surface area contributed by atoms with Crippen molar-refractivity contribution in [1.29, 1.82) is 0 Å². The second kappa shape index (κ2) is 8.05. The topological polar surface area (TPSA) is 52.3 Å². The summed E-state index contributed by atoms with van der Waals surface area (Å²) < 4.78 is 4.64. The first-order valence-corrected chi connectivity index (χ1v) is 5.01. The predicted octanol–water partition coefficient (Wildman–Crippen LogP) is 1.70. The summed E-state index contributed by atoms with van der Waals surface area (Å²) >= 11 is 0. The molecule has 0 rings (SSSR count). The van der Waals surface area contributed by atoms with Gasteiger partial charge in [-0.3, -0.25) is 4.79 Å². The van der Waals surface area contributed by atoms with Crippen LogP contribution in [0.2, 0.25) is 0 Å². The zero-order chi connectivity index (χ0) is 10.1. The van der Waals surface area contributed by atoms with Crippen molar-refractivity contribution in [2.45, 2.75) is 39.0 Å². The Kier molecular flexibility index (Phi) is 7.69. The van der Waals surface area contributed by atoms with Gasteiger partial charge in [0.25, 0.3) is 0 Å². The molecule has 13 heavy (non-hydrogen) atoms. The lowest BCUT2D eigenvalue weighted by molar-refractivity contribution is -0.141. The van der Waals surface area contributed by atoms with E-state index in [-0.39, 0.29) is 5.97 Å². The summed E-state index contributed by atoms with van der Waals surface area (Å²) in [5.74, 6) is 0.358. The Morgan fingerprint density at radius 2 is 2.15 bits per heavy atom. The van der Waals surface area contributed by atoms with E-state index >= 15 is 0 Å². The van der Waals surface area contributed by atoms with E-state index in [0.717, 1.165) is 25.7 Å². The Morgan fingerprint density at radius 3 is 2.62 bits per heavy atom. The quantitative estimate of drug-likeness (QED) is 0.617. The Hall–Kier alpha value is -0.570. The van der Waals surface area contributed by atoms with Gasteiger partial charge in [-0.1, -0.05) is 19.8 Å². The number of methoxy groups -OCH3 is 1. The van der Waals surface area contributed by atoms with Crippen LogP contribution in [-0.4, -0.2) is 19.6 Å². The Morgan fingerprint density at radius 1 is 1.46 bits per heavy atom. The van der Waals surface area contributed by atoms with Gasteiger partial charge in [0.15, 0.2) is 0 Å². The molecule has 3 nitrogen and oxygen atoms in total. The highest BCUT2D eigenvalue weighted by Crippen LogP contribution is 2.17. The molecule has 0 spiro atoms. The molecule has 0 saturated carbocycles. The third-order valence-electron chi connectivity index (χ3n) is 2.20. The average molecular weight is 187 g/mol. The summed E-state index contributed by atoms with van der Waals surface area (Å²) in [7, 11) is 1.44. The fourth-order valence-corrected chi connectivity index (χ4v) is 1.48. The van der Waals surface area contributed by atoms with E-state index in [1.807, 2.05) is 0 Å². The number of hydrogen-bond donors (Lipinski definition) is 1. The standard InChI is InChI=1S/C10H21NO2/c1-3-5-9(6-4-7-11)8-10(12)13-2/h9H,3-8,11H2,1-2H3. The molecule has 1 atom stereocenters. The molecule has 0 saturated heterocycles. The van der Waals surface area contributed by atoms with E-state index in [2.05, 4.69) is 11.7 Å². The van der Waals surface area contributed by atoms with Crippen molar-refractivity contribution in [3.8, 4) is 0 Å². The number of carbonyl (C=O) groups is 1. The van der Waals surface area contributed by atoms with Gasteiger partial charge in [-0.15, -0.1) is 0 Å². The molecule has 78 valence electrons. The van der Waals surface area contributed by atoms with Crippen LogP contribution in [0, 0.1) is 5.92 Å². The van der Waals surface area contributed by atoms with Crippen LogP contribution in [0.1, 0.15) is 39.0 Å². The zero-order valence-electron chi connectivity index (χ0n) is 8.71. The van der Waals surface area contributed by atoms with E-state index in [1.54, 1.807) is 0 Å². The average Bonchev–Trinajstić information content (AvgIpc) is 2.14. The second-order valence-corrected chi connectivity index (χ2v) is 3.37. The fraction of sp³-hybridized carbons (Fsp3) is 0.900. The van der Waals surface area contributed by atoms with E-state index in [9.17, 15) is 4.79 Å². The maximum absolute atomic E-state index is 11.0. The van der Waals surface area contributed by atoms with Crippen molar-refractivity contribution in [2.75, 3.05) is 13.7 Å². The summed E-state index contributed by atoms with van der Waals surface area (Å²) in [5, 5.41) is 0. The molecule has 2 N–H and O–H groups in total. The Labute approximate surface area is 80.6 Å². The first-order chi connectivity index (χ1) is 6.24. The maximum Gasteiger partial charge on any atom is 0.305 e. The van der Waals surface area contributed by atoms with Crippen LogP contribution in [0.25, 0.3) is 0 Å². The molecule has 0 aliphatic rings. The molecule has 0 aliphatic carbocycles. The molecule has 1 unspecified atom stereocenters. The van der Waals surface area contributed by atoms with E-state index in [1.165, 1.54) is 7.11 Å². The van der Waals surface area contributed by atoms with Crippen LogP contribution in [0.3, 0.4) is 0 Å². The first-order valence-electron chi connectivity index (χ1n) is 5.01. The van der Waals surface area contributed by atoms with Gasteiger partial charge in [-0.05, 0) is 25.3 Å². The van der Waals surface area contributed by atoms with Gasteiger partial charge in [-0.2, -0.15) is 0 Å². The number of hydrogen-bond acceptors (Lipinski definition) is 3. The fourth-order valence-electron chi connectivity index (χ4n) is 1.48. The van der Waals surface area contributed by atoms with E-state index in [0.29, 0.717) is 18.9 Å². The van der Waals surface area contributed by atoms with Crippen LogP contribution >= 0.6 is 0 Å². The van der Waals surface area contributed by atoms with Crippen molar-refractivity contribution >= 4 is 5.97 Å². The van der Waals surface area contributed by atoms with Crippen LogP contribution in [0.4, 0.5) is 0 Å². The van der Waals surface area contributed by atoms with Gasteiger partial charge in [-0.25, -0.2) is 0 Å². The minimum atomic E-state index is -0.101. The Bertz CT molecular complexity index is 137. The first kappa shape index (κ1) is 12.4. The molecular formula is C10H21NO2. The summed E-state index contributed by atoms with van der Waals surface area (Å²) in [5.41, 5.74) is 5.42. The molecule has 0 amide bonds. The molecule has 0 aliphatic heterocycles. The zero-order valence-corrected chi connectivity index (χ0v) is 8.71. The molecule has 0 heterocycles. The number of rotatable bonds is 7. The summed E-state index contributed by atoms with van der Waals surface area (Å²) in [4.78, 5) is 11.0. The SMILES string of the molecule is CCCC(CCCN)CC(=O)OC. The molecule has 0 aromatic rings. The van der Waals surface area contributed by atoms with Gasteiger partial charge in [0, 0.05) is 6.42 Å². The number of nitrogens with two attached hydrogens (primary N) is 1. The molecule has 0 aromatic heterocycles. The molecule has 0 radical (unpaired) electrons. The van der Waals surface area contributed by atoms with Crippen molar-refractivity contribution in [1.82, 2.24) is 0 Å². The van der Waals surface area contributed by atoms with Crippen LogP contribution in [0.5, 0.6) is 0 Å². The lowest BCUT2D eigenvalue weighted by Gasteiger charge is -2.13. The molecule has 3 heteroatoms. The Balaban J connectivity index is 3.71. The molecule has 0 bridgehead atoms. The summed E-state index contributed by atoms with van der Waals surface area (Å²) in [6.45, 7) is 2.84. The lowest BCUT2D eigenvalue weighted by atomic mass is 9.94. The van der Waals surface area contributed by atoms with Crippen molar-refractivity contribution in [3.63, 3.8) is 0 Å². The third-order valence-corrected chi connectivity index (χ3v) is 2.20. The highest BCUT2D eigenvalue weighted by Gasteiger charge is 2.12. The van der Waals surface area contributed by atoms with Crippen LogP contribution < -0.4 is 5.73 Å². The normalized spacial score (nSPS) is 12.5. The number of carbonyl (C=O) groups excluding carboxylic acids is 1. The number of esters is 1. The summed E-state index contributed by atoms with van der Waals surface area (Å²) in [6.07, 6.45) is 4.80. The maximum atomic E-state index is 11.0. The molecule has 0 fully saturated rings. The van der Waals surface area contributed by atoms with Gasteiger partial charge >= 0.3 is 5.97 Å². The van der Waals surface area contributed by atoms with Crippen molar-refractivity contribution in [2.24, 2.45) is 11.7 Å². The predicted molar refractivity (Wildman–Crippen MR) is 53.3 cm³/mol.